The third-order valence-electron chi connectivity index (χ3n) is 7.31. The highest BCUT2D eigenvalue weighted by Gasteiger charge is 2.19. The molecule has 3 heterocycles. The van der Waals surface area contributed by atoms with Crippen LogP contribution in [0.15, 0.2) is 24.5 Å². The van der Waals surface area contributed by atoms with Crippen LogP contribution in [0.5, 0.6) is 5.75 Å². The third-order valence-corrected chi connectivity index (χ3v) is 7.31. The van der Waals surface area contributed by atoms with Crippen molar-refractivity contribution in [3.05, 3.63) is 30.1 Å². The smallest absolute Gasteiger partial charge is 0.231 e. The molecule has 5 rings (SSSR count). The zero-order valence-corrected chi connectivity index (χ0v) is 20.4. The van der Waals surface area contributed by atoms with Crippen LogP contribution in [0, 0.1) is 12.8 Å². The van der Waals surface area contributed by atoms with E-state index in [9.17, 15) is 0 Å². The number of anilines is 3. The van der Waals surface area contributed by atoms with Crippen molar-refractivity contribution in [2.24, 2.45) is 5.92 Å². The quantitative estimate of drug-likeness (QED) is 0.420. The van der Waals surface area contributed by atoms with E-state index in [1.54, 1.807) is 6.33 Å². The number of fused-ring (bicyclic) bond motifs is 1. The molecule has 1 saturated heterocycles. The van der Waals surface area contributed by atoms with Crippen LogP contribution in [-0.2, 0) is 0 Å². The molecule has 8 nitrogen and oxygen atoms in total. The first-order valence-corrected chi connectivity index (χ1v) is 12.9. The largest absolute Gasteiger partial charge is 0.493 e. The van der Waals surface area contributed by atoms with Gasteiger partial charge in [-0.05, 0) is 81.9 Å². The van der Waals surface area contributed by atoms with Crippen molar-refractivity contribution < 1.29 is 4.74 Å². The van der Waals surface area contributed by atoms with Gasteiger partial charge in [0.15, 0.2) is 11.5 Å². The maximum atomic E-state index is 6.15. The van der Waals surface area contributed by atoms with Gasteiger partial charge in [0.1, 0.15) is 11.3 Å². The average molecular weight is 464 g/mol. The Kier molecular flexibility index (Phi) is 7.13. The second-order valence-electron chi connectivity index (χ2n) is 9.77. The molecule has 1 aliphatic carbocycles. The predicted octanol–water partition coefficient (Wildman–Crippen LogP) is 5.26. The molecule has 1 aromatic carbocycles. The van der Waals surface area contributed by atoms with Crippen molar-refractivity contribution >= 4 is 28.6 Å². The number of ether oxygens (including phenoxy) is 1. The summed E-state index contributed by atoms with van der Waals surface area (Å²) >= 11 is 0. The average Bonchev–Trinajstić information content (AvgIpc) is 3.34. The van der Waals surface area contributed by atoms with E-state index in [1.807, 2.05) is 6.07 Å². The van der Waals surface area contributed by atoms with Crippen LogP contribution >= 0.6 is 0 Å². The van der Waals surface area contributed by atoms with Gasteiger partial charge in [-0.1, -0.05) is 26.2 Å². The summed E-state index contributed by atoms with van der Waals surface area (Å²) in [6.07, 6.45) is 10.3. The number of rotatable bonds is 8. The number of nitrogens with one attached hydrogen (secondary N) is 3. The normalized spacial score (nSPS) is 18.3. The maximum Gasteiger partial charge on any atom is 0.231 e. The minimum atomic E-state index is 0.448. The second kappa shape index (κ2) is 10.6. The summed E-state index contributed by atoms with van der Waals surface area (Å²) in [6, 6.07) is 6.63. The first-order chi connectivity index (χ1) is 16.7. The Balaban J connectivity index is 1.24. The van der Waals surface area contributed by atoms with Crippen molar-refractivity contribution in [1.29, 1.82) is 0 Å². The summed E-state index contributed by atoms with van der Waals surface area (Å²) in [5.41, 5.74) is 3.61. The molecule has 182 valence electrons. The van der Waals surface area contributed by atoms with Crippen LogP contribution in [0.1, 0.15) is 57.4 Å². The molecule has 0 amide bonds. The summed E-state index contributed by atoms with van der Waals surface area (Å²) in [5.74, 6) is 2.93. The van der Waals surface area contributed by atoms with E-state index in [-0.39, 0.29) is 0 Å². The molecule has 2 aromatic heterocycles. The zero-order valence-electron chi connectivity index (χ0n) is 20.4. The lowest BCUT2D eigenvalue weighted by Crippen LogP contribution is -2.35. The van der Waals surface area contributed by atoms with Crippen LogP contribution in [0.3, 0.4) is 0 Å². The minimum Gasteiger partial charge on any atom is -0.493 e. The number of H-pyrrole nitrogens is 1. The third kappa shape index (κ3) is 5.43. The molecule has 0 radical (unpaired) electrons. The van der Waals surface area contributed by atoms with Crippen LogP contribution in [0.2, 0.25) is 0 Å². The topological polar surface area (TPSA) is 91.0 Å². The van der Waals surface area contributed by atoms with E-state index in [0.717, 1.165) is 47.1 Å². The lowest BCUT2D eigenvalue weighted by Gasteiger charge is -2.30. The van der Waals surface area contributed by atoms with E-state index in [0.29, 0.717) is 17.9 Å². The maximum absolute atomic E-state index is 6.15. The highest BCUT2D eigenvalue weighted by molar-refractivity contribution is 5.84. The second-order valence-corrected chi connectivity index (χ2v) is 9.77. The highest BCUT2D eigenvalue weighted by atomic mass is 16.5. The summed E-state index contributed by atoms with van der Waals surface area (Å²) in [5, 5.41) is 7.02. The number of imidazole rings is 1. The fourth-order valence-electron chi connectivity index (χ4n) is 5.10. The Bertz CT molecular complexity index is 1080. The lowest BCUT2D eigenvalue weighted by molar-refractivity contribution is 0.146. The van der Waals surface area contributed by atoms with Gasteiger partial charge < -0.3 is 25.3 Å². The van der Waals surface area contributed by atoms with Crippen molar-refractivity contribution in [3.63, 3.8) is 0 Å². The Labute approximate surface area is 201 Å². The lowest BCUT2D eigenvalue weighted by atomic mass is 9.95. The number of hydrogen-bond acceptors (Lipinski definition) is 7. The molecule has 3 N–H and O–H groups in total. The van der Waals surface area contributed by atoms with Gasteiger partial charge in [-0.25, -0.2) is 4.98 Å². The number of aryl methyl sites for hydroxylation is 1. The zero-order chi connectivity index (χ0) is 23.3. The molecule has 8 heteroatoms. The number of aromatic nitrogens is 4. The first kappa shape index (κ1) is 22.9. The standard InChI is InChI=1S/C26H37N7O/c1-3-33-13-11-19(12-14-33)16-34-21-9-10-22(18(2)15-21)30-26-31-24-23(27-17-28-24)25(32-26)29-20-7-5-4-6-8-20/h9-10,15,17,19-20H,3-8,11-14,16H2,1-2H3,(H3,27,28,29,30,31,32). The van der Waals surface area contributed by atoms with Gasteiger partial charge in [-0.3, -0.25) is 0 Å². The number of piperidine rings is 1. The Morgan fingerprint density at radius 3 is 2.68 bits per heavy atom. The fraction of sp³-hybridized carbons (Fsp3) is 0.577. The van der Waals surface area contributed by atoms with E-state index in [2.05, 4.69) is 56.5 Å². The van der Waals surface area contributed by atoms with Gasteiger partial charge >= 0.3 is 0 Å². The van der Waals surface area contributed by atoms with Crippen LogP contribution < -0.4 is 15.4 Å². The number of aromatic amines is 1. The van der Waals surface area contributed by atoms with Gasteiger partial charge in [0.2, 0.25) is 5.95 Å². The number of nitrogens with zero attached hydrogens (tertiary/aromatic N) is 4. The molecule has 0 unspecified atom stereocenters. The Morgan fingerprint density at radius 1 is 1.09 bits per heavy atom. The van der Waals surface area contributed by atoms with Crippen LogP contribution in [0.25, 0.3) is 11.2 Å². The fourth-order valence-corrected chi connectivity index (χ4v) is 5.10. The van der Waals surface area contributed by atoms with Crippen molar-refractivity contribution in [1.82, 2.24) is 24.8 Å². The Morgan fingerprint density at radius 2 is 1.91 bits per heavy atom. The van der Waals surface area contributed by atoms with E-state index in [4.69, 9.17) is 9.72 Å². The summed E-state index contributed by atoms with van der Waals surface area (Å²) in [4.78, 5) is 19.5. The highest BCUT2D eigenvalue weighted by Crippen LogP contribution is 2.28. The molecule has 0 bridgehead atoms. The van der Waals surface area contributed by atoms with Crippen molar-refractivity contribution in [3.8, 4) is 5.75 Å². The van der Waals surface area contributed by atoms with Gasteiger partial charge in [-0.2, -0.15) is 9.97 Å². The summed E-state index contributed by atoms with van der Waals surface area (Å²) in [7, 11) is 0. The van der Waals surface area contributed by atoms with Gasteiger partial charge in [0, 0.05) is 11.7 Å². The number of hydrogen-bond donors (Lipinski definition) is 3. The molecule has 1 saturated carbocycles. The number of benzene rings is 1. The molecule has 34 heavy (non-hydrogen) atoms. The predicted molar refractivity (Wildman–Crippen MR) is 137 cm³/mol. The molecule has 1 aliphatic heterocycles. The van der Waals surface area contributed by atoms with Gasteiger partial charge in [-0.15, -0.1) is 0 Å². The molecular formula is C26H37N7O. The first-order valence-electron chi connectivity index (χ1n) is 12.9. The summed E-state index contributed by atoms with van der Waals surface area (Å²) in [6.45, 7) is 8.64. The molecule has 2 fully saturated rings. The van der Waals surface area contributed by atoms with Gasteiger partial charge in [0.25, 0.3) is 0 Å². The number of likely N-dealkylation sites (tertiary alicyclic amines) is 1. The van der Waals surface area contributed by atoms with E-state index >= 15 is 0 Å². The van der Waals surface area contributed by atoms with Gasteiger partial charge in [0.05, 0.1) is 12.9 Å². The van der Waals surface area contributed by atoms with E-state index in [1.165, 1.54) is 58.0 Å². The van der Waals surface area contributed by atoms with Crippen molar-refractivity contribution in [2.75, 3.05) is 36.9 Å². The van der Waals surface area contributed by atoms with Crippen LogP contribution in [-0.4, -0.2) is 57.1 Å². The summed E-state index contributed by atoms with van der Waals surface area (Å²) < 4.78 is 6.15. The monoisotopic (exact) mass is 463 g/mol. The SMILES string of the molecule is CCN1CCC(COc2ccc(Nc3nc(NC4CCCCC4)c4nc[nH]c4n3)c(C)c2)CC1. The van der Waals surface area contributed by atoms with E-state index < -0.39 is 0 Å². The minimum absolute atomic E-state index is 0.448. The molecule has 0 atom stereocenters. The molecule has 0 spiro atoms. The van der Waals surface area contributed by atoms with Crippen molar-refractivity contribution in [2.45, 2.75) is 64.8 Å². The Hall–Kier alpha value is -2.87. The molecule has 2 aliphatic rings. The van der Waals surface area contributed by atoms with Crippen LogP contribution in [0.4, 0.5) is 17.5 Å². The molecule has 3 aromatic rings. The molecular weight excluding hydrogens is 426 g/mol.